The van der Waals surface area contributed by atoms with Gasteiger partial charge in [0.15, 0.2) is 6.20 Å². The van der Waals surface area contributed by atoms with Gasteiger partial charge >= 0.3 is 0 Å². The third-order valence-corrected chi connectivity index (χ3v) is 1.14. The summed E-state index contributed by atoms with van der Waals surface area (Å²) in [6.45, 7) is 0. The predicted octanol–water partition coefficient (Wildman–Crippen LogP) is -0.642. The van der Waals surface area contributed by atoms with Crippen molar-refractivity contribution in [2.45, 2.75) is 0 Å². The Kier molecular flexibility index (Phi) is 2.06. The molecule has 1 radical (unpaired) electrons. The molecule has 1 aromatic rings. The molecule has 0 aliphatic rings. The smallest absolute Gasteiger partial charge is 0.232 e. The zero-order valence-corrected chi connectivity index (χ0v) is 5.73. The van der Waals surface area contributed by atoms with E-state index in [4.69, 9.17) is 5.73 Å². The van der Waals surface area contributed by atoms with Crippen LogP contribution in [-0.4, -0.2) is 5.91 Å². The number of aromatic nitrogens is 1. The summed E-state index contributed by atoms with van der Waals surface area (Å²) in [5.74, 6) is -0.624. The second kappa shape index (κ2) is 3.01. The van der Waals surface area contributed by atoms with Crippen LogP contribution < -0.4 is 10.5 Å². The van der Waals surface area contributed by atoms with Gasteiger partial charge in [-0.05, 0) is 6.07 Å². The highest BCUT2D eigenvalue weighted by Gasteiger charge is 2.06. The summed E-state index contributed by atoms with van der Waals surface area (Å²) in [5.41, 5.74) is 5.10. The normalized spacial score (nSPS) is 9.45. The first-order valence-corrected chi connectivity index (χ1v) is 3.02. The molecule has 0 spiro atoms. The molecule has 57 valence electrons. The van der Waals surface area contributed by atoms with Crippen molar-refractivity contribution >= 4 is 5.91 Å². The number of carbonyl (C=O) groups excluding carboxylic acids is 1. The third kappa shape index (κ3) is 1.93. The summed E-state index contributed by atoms with van der Waals surface area (Å²) in [5, 5.41) is 10.8. The summed E-state index contributed by atoms with van der Waals surface area (Å²) in [4.78, 5) is 10.3. The van der Waals surface area contributed by atoms with Crippen LogP contribution >= 0.6 is 0 Å². The molecule has 0 aromatic carbocycles. The predicted molar refractivity (Wildman–Crippen MR) is 38.0 cm³/mol. The lowest BCUT2D eigenvalue weighted by Crippen LogP contribution is -2.32. The van der Waals surface area contributed by atoms with E-state index in [9.17, 15) is 10.0 Å². The van der Waals surface area contributed by atoms with Crippen LogP contribution in [0, 0.1) is 11.6 Å². The first-order chi connectivity index (χ1) is 5.20. The Bertz CT molecular complexity index is 273. The molecule has 0 saturated heterocycles. The minimum atomic E-state index is -0.624. The van der Waals surface area contributed by atoms with E-state index >= 15 is 0 Å². The quantitative estimate of drug-likeness (QED) is 0.451. The number of rotatable bonds is 2. The Labute approximate surface area is 63.8 Å². The fourth-order valence-electron chi connectivity index (χ4n) is 0.699. The fourth-order valence-corrected chi connectivity index (χ4v) is 0.699. The molecule has 11 heavy (non-hydrogen) atoms. The lowest BCUT2D eigenvalue weighted by Gasteiger charge is -1.99. The molecule has 0 atom stereocenters. The van der Waals surface area contributed by atoms with E-state index in [1.54, 1.807) is 12.1 Å². The van der Waals surface area contributed by atoms with Gasteiger partial charge in [-0.25, -0.2) is 0 Å². The number of hydrogen-bond acceptors (Lipinski definition) is 2. The van der Waals surface area contributed by atoms with Gasteiger partial charge in [0.2, 0.25) is 11.6 Å². The van der Waals surface area contributed by atoms with E-state index in [-0.39, 0.29) is 5.69 Å². The molecule has 1 amide bonds. The second-order valence-electron chi connectivity index (χ2n) is 2.00. The van der Waals surface area contributed by atoms with E-state index in [0.717, 1.165) is 6.42 Å². The molecule has 0 unspecified atom stereocenters. The Balaban J connectivity index is 2.86. The highest BCUT2D eigenvalue weighted by Crippen LogP contribution is 1.92. The van der Waals surface area contributed by atoms with E-state index in [0.29, 0.717) is 4.73 Å². The molecule has 2 N–H and O–H groups in total. The topological polar surface area (TPSA) is 70.0 Å². The van der Waals surface area contributed by atoms with Crippen molar-refractivity contribution in [1.29, 1.82) is 0 Å². The van der Waals surface area contributed by atoms with Crippen molar-refractivity contribution in [1.82, 2.24) is 0 Å². The van der Waals surface area contributed by atoms with Gasteiger partial charge in [0, 0.05) is 12.1 Å². The molecule has 1 heterocycles. The largest absolute Gasteiger partial charge is 0.618 e. The maximum atomic E-state index is 10.8. The van der Waals surface area contributed by atoms with Crippen LogP contribution in [0.25, 0.3) is 0 Å². The summed E-state index contributed by atoms with van der Waals surface area (Å²) in [7, 11) is 0. The van der Waals surface area contributed by atoms with Gasteiger partial charge in [0.25, 0.3) is 0 Å². The van der Waals surface area contributed by atoms with Crippen LogP contribution in [0.3, 0.4) is 0 Å². The standard InChI is InChI=1S/C7H7N2O2/c8-7(10)5-6-3-1-2-4-9(6)11/h1-5H,(H2,8,10). The summed E-state index contributed by atoms with van der Waals surface area (Å²) < 4.78 is 0.574. The van der Waals surface area contributed by atoms with Crippen molar-refractivity contribution in [3.63, 3.8) is 0 Å². The SMILES string of the molecule is NC(=O)[CH]c1cccc[n+]1[O-]. The number of nitrogens with two attached hydrogens (primary N) is 1. The monoisotopic (exact) mass is 151 g/mol. The van der Waals surface area contributed by atoms with Crippen molar-refractivity contribution in [3.05, 3.63) is 41.7 Å². The van der Waals surface area contributed by atoms with Gasteiger partial charge in [-0.15, -0.1) is 0 Å². The minimum Gasteiger partial charge on any atom is -0.618 e. The molecular formula is C7H7N2O2. The average molecular weight is 151 g/mol. The van der Waals surface area contributed by atoms with E-state index in [1.807, 2.05) is 0 Å². The second-order valence-corrected chi connectivity index (χ2v) is 2.00. The molecule has 4 heteroatoms. The third-order valence-electron chi connectivity index (χ3n) is 1.14. The molecule has 0 bridgehead atoms. The van der Waals surface area contributed by atoms with Crippen molar-refractivity contribution in [2.75, 3.05) is 0 Å². The number of primary amides is 1. The summed E-state index contributed by atoms with van der Waals surface area (Å²) in [6, 6.07) is 4.74. The molecular weight excluding hydrogens is 144 g/mol. The summed E-state index contributed by atoms with van der Waals surface area (Å²) >= 11 is 0. The first-order valence-electron chi connectivity index (χ1n) is 3.02. The van der Waals surface area contributed by atoms with Crippen molar-refractivity contribution < 1.29 is 9.52 Å². The molecule has 4 nitrogen and oxygen atoms in total. The molecule has 0 aliphatic carbocycles. The molecule has 0 fully saturated rings. The highest BCUT2D eigenvalue weighted by atomic mass is 16.5. The maximum absolute atomic E-state index is 10.8. The maximum Gasteiger partial charge on any atom is 0.232 e. The lowest BCUT2D eigenvalue weighted by atomic mass is 10.3. The number of amides is 1. The van der Waals surface area contributed by atoms with Gasteiger partial charge in [-0.3, -0.25) is 4.79 Å². The first kappa shape index (κ1) is 7.53. The van der Waals surface area contributed by atoms with Gasteiger partial charge in [-0.2, -0.15) is 4.73 Å². The van der Waals surface area contributed by atoms with Gasteiger partial charge in [-0.1, -0.05) is 0 Å². The highest BCUT2D eigenvalue weighted by molar-refractivity contribution is 5.85. The average Bonchev–Trinajstić information content (AvgIpc) is 1.93. The van der Waals surface area contributed by atoms with Crippen LogP contribution in [0.15, 0.2) is 24.4 Å². The minimum absolute atomic E-state index is 0.250. The van der Waals surface area contributed by atoms with Gasteiger partial charge in [0.1, 0.15) is 6.42 Å². The molecule has 0 aliphatic heterocycles. The van der Waals surface area contributed by atoms with Gasteiger partial charge < -0.3 is 10.9 Å². The fraction of sp³-hybridized carbons (Fsp3) is 0. The van der Waals surface area contributed by atoms with Crippen LogP contribution in [0.4, 0.5) is 0 Å². The Morgan fingerprint density at radius 1 is 1.64 bits per heavy atom. The zero-order chi connectivity index (χ0) is 8.27. The summed E-state index contributed by atoms with van der Waals surface area (Å²) in [6.07, 6.45) is 2.38. The van der Waals surface area contributed by atoms with Crippen molar-refractivity contribution in [2.24, 2.45) is 5.73 Å². The van der Waals surface area contributed by atoms with E-state index < -0.39 is 5.91 Å². The Morgan fingerprint density at radius 2 is 2.36 bits per heavy atom. The van der Waals surface area contributed by atoms with Crippen LogP contribution in [0.5, 0.6) is 0 Å². The lowest BCUT2D eigenvalue weighted by molar-refractivity contribution is -0.610. The zero-order valence-electron chi connectivity index (χ0n) is 5.73. The van der Waals surface area contributed by atoms with Crippen molar-refractivity contribution in [3.8, 4) is 0 Å². The van der Waals surface area contributed by atoms with Crippen LogP contribution in [0.2, 0.25) is 0 Å². The number of carbonyl (C=O) groups is 1. The van der Waals surface area contributed by atoms with E-state index in [1.165, 1.54) is 12.3 Å². The van der Waals surface area contributed by atoms with Crippen LogP contribution in [0.1, 0.15) is 5.69 Å². The van der Waals surface area contributed by atoms with E-state index in [2.05, 4.69) is 0 Å². The number of hydrogen-bond donors (Lipinski definition) is 1. The molecule has 1 aromatic heterocycles. The molecule has 1 rings (SSSR count). The Hall–Kier alpha value is -1.58. The van der Waals surface area contributed by atoms with Gasteiger partial charge in [0.05, 0.1) is 0 Å². The van der Waals surface area contributed by atoms with Crippen LogP contribution in [-0.2, 0) is 4.79 Å². The Morgan fingerprint density at radius 3 is 2.91 bits per heavy atom. The number of nitrogens with zero attached hydrogens (tertiary/aromatic N) is 1. The number of pyridine rings is 1. The molecule has 0 saturated carbocycles.